The minimum Gasteiger partial charge on any atom is -0.508 e. The van der Waals surface area contributed by atoms with Gasteiger partial charge in [-0.05, 0) is 12.5 Å². The van der Waals surface area contributed by atoms with E-state index in [-0.39, 0.29) is 6.04 Å². The lowest BCUT2D eigenvalue weighted by Gasteiger charge is -2.18. The van der Waals surface area contributed by atoms with Gasteiger partial charge in [0.1, 0.15) is 5.75 Å². The molecule has 4 nitrogen and oxygen atoms in total. The molecule has 0 aliphatic carbocycles. The van der Waals surface area contributed by atoms with Crippen LogP contribution in [0, 0.1) is 0 Å². The molecule has 0 aliphatic rings. The molecule has 0 spiro atoms. The first kappa shape index (κ1) is 10.5. The summed E-state index contributed by atoms with van der Waals surface area (Å²) in [6.45, 7) is 2.07. The number of phenolic OH excluding ortho intramolecular Hbond substituents is 1. The zero-order valence-corrected chi connectivity index (χ0v) is 9.14. The molecule has 0 saturated heterocycles. The fourth-order valence-electron chi connectivity index (χ4n) is 1.71. The predicted molar refractivity (Wildman–Crippen MR) is 63.3 cm³/mol. The van der Waals surface area contributed by atoms with Crippen LogP contribution in [0.4, 0.5) is 5.69 Å². The van der Waals surface area contributed by atoms with Crippen LogP contribution < -0.4 is 5.32 Å². The molecule has 1 aromatic heterocycles. The second-order valence-electron chi connectivity index (χ2n) is 3.65. The average Bonchev–Trinajstić information content (AvgIpc) is 2.80. The quantitative estimate of drug-likeness (QED) is 0.737. The van der Waals surface area contributed by atoms with Gasteiger partial charge in [-0.1, -0.05) is 25.1 Å². The first-order chi connectivity index (χ1) is 7.81. The fourth-order valence-corrected chi connectivity index (χ4v) is 1.71. The zero-order valence-electron chi connectivity index (χ0n) is 9.14. The lowest BCUT2D eigenvalue weighted by Crippen LogP contribution is -2.09. The Morgan fingerprint density at radius 2 is 2.25 bits per heavy atom. The lowest BCUT2D eigenvalue weighted by atomic mass is 10.0. The summed E-state index contributed by atoms with van der Waals surface area (Å²) < 4.78 is 0. The molecular formula is C12H15N3O. The first-order valence-corrected chi connectivity index (χ1v) is 5.34. The maximum Gasteiger partial charge on any atom is 0.120 e. The fraction of sp³-hybridized carbons (Fsp3) is 0.250. The Kier molecular flexibility index (Phi) is 3.10. The van der Waals surface area contributed by atoms with Gasteiger partial charge in [-0.25, -0.2) is 0 Å². The van der Waals surface area contributed by atoms with Crippen LogP contribution in [0.25, 0.3) is 0 Å². The van der Waals surface area contributed by atoms with E-state index in [1.165, 1.54) is 0 Å². The summed E-state index contributed by atoms with van der Waals surface area (Å²) in [5, 5.41) is 19.7. The largest absolute Gasteiger partial charge is 0.508 e. The van der Waals surface area contributed by atoms with Gasteiger partial charge >= 0.3 is 0 Å². The second kappa shape index (κ2) is 4.70. The highest BCUT2D eigenvalue weighted by molar-refractivity contribution is 5.44. The minimum atomic E-state index is 0.0961. The molecule has 0 bridgehead atoms. The van der Waals surface area contributed by atoms with Crippen LogP contribution in [-0.2, 0) is 0 Å². The molecule has 2 rings (SSSR count). The number of nitrogens with one attached hydrogen (secondary N) is 2. The summed E-state index contributed by atoms with van der Waals surface area (Å²) in [7, 11) is 0. The number of phenols is 1. The Hall–Kier alpha value is -1.97. The zero-order chi connectivity index (χ0) is 11.4. The van der Waals surface area contributed by atoms with Gasteiger partial charge in [0.15, 0.2) is 0 Å². The van der Waals surface area contributed by atoms with Crippen molar-refractivity contribution in [3.05, 3.63) is 42.2 Å². The topological polar surface area (TPSA) is 60.9 Å². The summed E-state index contributed by atoms with van der Waals surface area (Å²) in [6.07, 6.45) is 4.41. The standard InChI is InChI=1S/C12H15N3O/c1-2-11(15-9-7-13-14-8-9)10-5-3-4-6-12(10)16/h3-8,11,15-16H,2H2,1H3,(H,13,14). The molecule has 0 amide bonds. The van der Waals surface area contributed by atoms with Crippen LogP contribution in [0.15, 0.2) is 36.7 Å². The number of rotatable bonds is 4. The van der Waals surface area contributed by atoms with Gasteiger partial charge in [0, 0.05) is 11.8 Å². The average molecular weight is 217 g/mol. The Bertz CT molecular complexity index is 439. The molecule has 1 heterocycles. The van der Waals surface area contributed by atoms with E-state index < -0.39 is 0 Å². The normalized spacial score (nSPS) is 12.3. The van der Waals surface area contributed by atoms with E-state index in [0.717, 1.165) is 17.7 Å². The van der Waals surface area contributed by atoms with E-state index in [4.69, 9.17) is 0 Å². The smallest absolute Gasteiger partial charge is 0.120 e. The molecule has 0 fully saturated rings. The van der Waals surface area contributed by atoms with E-state index >= 15 is 0 Å². The molecule has 0 radical (unpaired) electrons. The highest BCUT2D eigenvalue weighted by Crippen LogP contribution is 2.28. The predicted octanol–water partition coefficient (Wildman–Crippen LogP) is 2.68. The highest BCUT2D eigenvalue weighted by Gasteiger charge is 2.12. The van der Waals surface area contributed by atoms with Gasteiger partial charge in [0.05, 0.1) is 17.9 Å². The summed E-state index contributed by atoms with van der Waals surface area (Å²) in [6, 6.07) is 7.47. The summed E-state index contributed by atoms with van der Waals surface area (Å²) in [5.74, 6) is 0.324. The summed E-state index contributed by atoms with van der Waals surface area (Å²) in [5.41, 5.74) is 1.83. The van der Waals surface area contributed by atoms with Crippen LogP contribution in [-0.4, -0.2) is 15.3 Å². The number of aromatic hydroxyl groups is 1. The number of hydrogen-bond acceptors (Lipinski definition) is 3. The summed E-state index contributed by atoms with van der Waals surface area (Å²) >= 11 is 0. The monoisotopic (exact) mass is 217 g/mol. The molecule has 4 heteroatoms. The Balaban J connectivity index is 2.20. The van der Waals surface area contributed by atoms with Gasteiger partial charge in [-0.2, -0.15) is 5.10 Å². The Morgan fingerprint density at radius 3 is 2.88 bits per heavy atom. The number of aromatic amines is 1. The van der Waals surface area contributed by atoms with Crippen molar-refractivity contribution in [1.82, 2.24) is 10.2 Å². The van der Waals surface area contributed by atoms with Gasteiger partial charge < -0.3 is 10.4 Å². The lowest BCUT2D eigenvalue weighted by molar-refractivity contribution is 0.463. The van der Waals surface area contributed by atoms with Crippen molar-refractivity contribution in [3.8, 4) is 5.75 Å². The molecule has 1 atom stereocenters. The molecular weight excluding hydrogens is 202 g/mol. The third-order valence-electron chi connectivity index (χ3n) is 2.56. The second-order valence-corrected chi connectivity index (χ2v) is 3.65. The summed E-state index contributed by atoms with van der Waals surface area (Å²) in [4.78, 5) is 0. The third kappa shape index (κ3) is 2.16. The Morgan fingerprint density at radius 1 is 1.44 bits per heavy atom. The maximum absolute atomic E-state index is 9.78. The van der Waals surface area contributed by atoms with E-state index in [0.29, 0.717) is 5.75 Å². The minimum absolute atomic E-state index is 0.0961. The van der Waals surface area contributed by atoms with Crippen molar-refractivity contribution >= 4 is 5.69 Å². The van der Waals surface area contributed by atoms with Crippen molar-refractivity contribution in [3.63, 3.8) is 0 Å². The number of aromatic nitrogens is 2. The SMILES string of the molecule is CCC(Nc1cn[nH]c1)c1ccccc1O. The number of H-pyrrole nitrogens is 1. The number of benzene rings is 1. The highest BCUT2D eigenvalue weighted by atomic mass is 16.3. The molecule has 2 aromatic rings. The van der Waals surface area contributed by atoms with E-state index in [1.54, 1.807) is 18.5 Å². The van der Waals surface area contributed by atoms with E-state index in [2.05, 4.69) is 22.4 Å². The van der Waals surface area contributed by atoms with Crippen LogP contribution in [0.1, 0.15) is 24.9 Å². The number of nitrogens with zero attached hydrogens (tertiary/aromatic N) is 1. The number of hydrogen-bond donors (Lipinski definition) is 3. The van der Waals surface area contributed by atoms with Gasteiger partial charge in [-0.3, -0.25) is 5.10 Å². The molecule has 1 aromatic carbocycles. The van der Waals surface area contributed by atoms with Crippen LogP contribution in [0.2, 0.25) is 0 Å². The van der Waals surface area contributed by atoms with Gasteiger partial charge in [0.25, 0.3) is 0 Å². The number of anilines is 1. The van der Waals surface area contributed by atoms with Crippen molar-refractivity contribution in [1.29, 1.82) is 0 Å². The van der Waals surface area contributed by atoms with Crippen LogP contribution in [0.5, 0.6) is 5.75 Å². The van der Waals surface area contributed by atoms with Crippen LogP contribution in [0.3, 0.4) is 0 Å². The van der Waals surface area contributed by atoms with E-state index in [1.807, 2.05) is 18.2 Å². The van der Waals surface area contributed by atoms with Crippen molar-refractivity contribution in [2.24, 2.45) is 0 Å². The molecule has 0 saturated carbocycles. The van der Waals surface area contributed by atoms with Gasteiger partial charge in [0.2, 0.25) is 0 Å². The molecule has 0 aliphatic heterocycles. The van der Waals surface area contributed by atoms with Crippen molar-refractivity contribution in [2.45, 2.75) is 19.4 Å². The van der Waals surface area contributed by atoms with Gasteiger partial charge in [-0.15, -0.1) is 0 Å². The number of para-hydroxylation sites is 1. The van der Waals surface area contributed by atoms with Crippen molar-refractivity contribution in [2.75, 3.05) is 5.32 Å². The van der Waals surface area contributed by atoms with Crippen LogP contribution >= 0.6 is 0 Å². The molecule has 3 N–H and O–H groups in total. The van der Waals surface area contributed by atoms with Crippen molar-refractivity contribution < 1.29 is 5.11 Å². The Labute approximate surface area is 94.3 Å². The van der Waals surface area contributed by atoms with E-state index in [9.17, 15) is 5.11 Å². The maximum atomic E-state index is 9.78. The third-order valence-corrected chi connectivity index (χ3v) is 2.56. The molecule has 1 unspecified atom stereocenters. The molecule has 16 heavy (non-hydrogen) atoms. The first-order valence-electron chi connectivity index (χ1n) is 5.34. The molecule has 84 valence electrons.